The standard InChI is InChI=1S/C15H15N3O6S/c1-9-16-17-15(23-9)12-6-7-14(24-12)25(19,20)18-11-5-4-10(21-2)8-13(11)22-3/h4-8,18H,1-3H3. The summed E-state index contributed by atoms with van der Waals surface area (Å²) in [5.41, 5.74) is 0.245. The molecule has 3 aromatic rings. The Morgan fingerprint density at radius 1 is 1.04 bits per heavy atom. The summed E-state index contributed by atoms with van der Waals surface area (Å²) >= 11 is 0. The minimum absolute atomic E-state index is 0.0981. The van der Waals surface area contributed by atoms with Gasteiger partial charge < -0.3 is 18.3 Å². The van der Waals surface area contributed by atoms with Gasteiger partial charge in [-0.15, -0.1) is 10.2 Å². The van der Waals surface area contributed by atoms with Crippen LogP contribution in [0, 0.1) is 6.92 Å². The van der Waals surface area contributed by atoms with E-state index in [1.54, 1.807) is 19.1 Å². The third-order valence-electron chi connectivity index (χ3n) is 3.24. The summed E-state index contributed by atoms with van der Waals surface area (Å²) in [7, 11) is -1.04. The fourth-order valence-corrected chi connectivity index (χ4v) is 3.06. The fraction of sp³-hybridized carbons (Fsp3) is 0.200. The normalized spacial score (nSPS) is 11.3. The third kappa shape index (κ3) is 3.43. The van der Waals surface area contributed by atoms with E-state index < -0.39 is 10.0 Å². The van der Waals surface area contributed by atoms with Crippen LogP contribution in [0.25, 0.3) is 11.7 Å². The first-order chi connectivity index (χ1) is 11.9. The average Bonchev–Trinajstić information content (AvgIpc) is 3.24. The molecule has 0 fully saturated rings. The van der Waals surface area contributed by atoms with Crippen LogP contribution >= 0.6 is 0 Å². The number of benzene rings is 1. The Kier molecular flexibility index (Phi) is 4.36. The van der Waals surface area contributed by atoms with Crippen molar-refractivity contribution in [3.8, 4) is 23.1 Å². The van der Waals surface area contributed by atoms with Crippen LogP contribution in [0.4, 0.5) is 5.69 Å². The predicted octanol–water partition coefficient (Wildman–Crippen LogP) is 2.46. The van der Waals surface area contributed by atoms with Gasteiger partial charge in [0.15, 0.2) is 5.76 Å². The van der Waals surface area contributed by atoms with E-state index in [0.29, 0.717) is 17.4 Å². The van der Waals surface area contributed by atoms with E-state index in [4.69, 9.17) is 18.3 Å². The quantitative estimate of drug-likeness (QED) is 0.708. The van der Waals surface area contributed by atoms with Gasteiger partial charge in [-0.05, 0) is 24.3 Å². The highest BCUT2D eigenvalue weighted by Gasteiger charge is 2.22. The molecule has 132 valence electrons. The SMILES string of the molecule is COc1ccc(NS(=O)(=O)c2ccc(-c3nnc(C)o3)o2)c(OC)c1. The molecule has 0 bridgehead atoms. The molecule has 0 saturated heterocycles. The highest BCUT2D eigenvalue weighted by molar-refractivity contribution is 7.92. The van der Waals surface area contributed by atoms with Crippen LogP contribution in [-0.4, -0.2) is 32.8 Å². The molecular weight excluding hydrogens is 350 g/mol. The van der Waals surface area contributed by atoms with Gasteiger partial charge in [0.05, 0.1) is 19.9 Å². The molecule has 0 radical (unpaired) electrons. The molecule has 9 nitrogen and oxygen atoms in total. The number of aromatic nitrogens is 2. The molecule has 2 heterocycles. The largest absolute Gasteiger partial charge is 0.497 e. The number of methoxy groups -OCH3 is 2. The van der Waals surface area contributed by atoms with E-state index in [1.807, 2.05) is 0 Å². The van der Waals surface area contributed by atoms with E-state index in [0.717, 1.165) is 0 Å². The van der Waals surface area contributed by atoms with E-state index in [1.165, 1.54) is 32.4 Å². The number of nitrogens with zero attached hydrogens (tertiary/aromatic N) is 2. The highest BCUT2D eigenvalue weighted by Crippen LogP contribution is 2.31. The molecule has 10 heteroatoms. The summed E-state index contributed by atoms with van der Waals surface area (Å²) in [6, 6.07) is 7.43. The molecule has 2 aromatic heterocycles. The Balaban J connectivity index is 1.89. The van der Waals surface area contributed by atoms with Crippen LogP contribution in [0.3, 0.4) is 0 Å². The molecule has 0 aliphatic carbocycles. The maximum absolute atomic E-state index is 12.5. The molecule has 1 aromatic carbocycles. The number of nitrogens with one attached hydrogen (secondary N) is 1. The lowest BCUT2D eigenvalue weighted by molar-refractivity contribution is 0.395. The van der Waals surface area contributed by atoms with Gasteiger partial charge in [0.25, 0.3) is 15.9 Å². The van der Waals surface area contributed by atoms with E-state index >= 15 is 0 Å². The van der Waals surface area contributed by atoms with Gasteiger partial charge in [0, 0.05) is 13.0 Å². The summed E-state index contributed by atoms with van der Waals surface area (Å²) in [5.74, 6) is 1.44. The van der Waals surface area contributed by atoms with Crippen molar-refractivity contribution in [3.63, 3.8) is 0 Å². The monoisotopic (exact) mass is 365 g/mol. The lowest BCUT2D eigenvalue weighted by atomic mass is 10.3. The highest BCUT2D eigenvalue weighted by atomic mass is 32.2. The zero-order valence-corrected chi connectivity index (χ0v) is 14.5. The number of rotatable bonds is 6. The van der Waals surface area contributed by atoms with Crippen LogP contribution in [0.1, 0.15) is 5.89 Å². The minimum Gasteiger partial charge on any atom is -0.497 e. The molecule has 0 unspecified atom stereocenters. The van der Waals surface area contributed by atoms with Gasteiger partial charge in [0.2, 0.25) is 11.0 Å². The van der Waals surface area contributed by atoms with Crippen LogP contribution in [-0.2, 0) is 10.0 Å². The Hall–Kier alpha value is -3.01. The fourth-order valence-electron chi connectivity index (χ4n) is 2.05. The van der Waals surface area contributed by atoms with Gasteiger partial charge >= 0.3 is 0 Å². The number of ether oxygens (including phenoxy) is 2. The summed E-state index contributed by atoms with van der Waals surface area (Å²) in [6.07, 6.45) is 0. The van der Waals surface area contributed by atoms with E-state index in [9.17, 15) is 8.42 Å². The number of anilines is 1. The molecule has 0 atom stereocenters. The van der Waals surface area contributed by atoms with Crippen LogP contribution in [0.2, 0.25) is 0 Å². The average molecular weight is 365 g/mol. The second-order valence-corrected chi connectivity index (χ2v) is 6.53. The number of hydrogen-bond acceptors (Lipinski definition) is 8. The number of hydrogen-bond donors (Lipinski definition) is 1. The zero-order chi connectivity index (χ0) is 18.0. The first-order valence-corrected chi connectivity index (χ1v) is 8.56. The van der Waals surface area contributed by atoms with Crippen molar-refractivity contribution in [3.05, 3.63) is 36.2 Å². The van der Waals surface area contributed by atoms with E-state index in [2.05, 4.69) is 14.9 Å². The molecule has 0 spiro atoms. The molecule has 25 heavy (non-hydrogen) atoms. The van der Waals surface area contributed by atoms with Crippen molar-refractivity contribution in [1.82, 2.24) is 10.2 Å². The van der Waals surface area contributed by atoms with Gasteiger partial charge in [-0.3, -0.25) is 4.72 Å². The maximum atomic E-state index is 12.5. The Morgan fingerprint density at radius 3 is 2.48 bits per heavy atom. The molecule has 3 rings (SSSR count). The second kappa shape index (κ2) is 6.48. The zero-order valence-electron chi connectivity index (χ0n) is 13.6. The number of aryl methyl sites for hydroxylation is 1. The van der Waals surface area contributed by atoms with E-state index in [-0.39, 0.29) is 22.4 Å². The third-order valence-corrected chi connectivity index (χ3v) is 4.47. The Bertz CT molecular complexity index is 992. The predicted molar refractivity (Wildman–Crippen MR) is 87.1 cm³/mol. The first-order valence-electron chi connectivity index (χ1n) is 7.08. The maximum Gasteiger partial charge on any atom is 0.295 e. The van der Waals surface area contributed by atoms with Gasteiger partial charge in [-0.1, -0.05) is 0 Å². The number of furan rings is 1. The molecule has 0 aliphatic heterocycles. The van der Waals surface area contributed by atoms with Gasteiger partial charge in [-0.25, -0.2) is 0 Å². The number of sulfonamides is 1. The van der Waals surface area contributed by atoms with Crippen LogP contribution in [0.5, 0.6) is 11.5 Å². The lowest BCUT2D eigenvalue weighted by Crippen LogP contribution is -2.12. The summed E-state index contributed by atoms with van der Waals surface area (Å²) in [4.78, 5) is 0. The van der Waals surface area contributed by atoms with Crippen molar-refractivity contribution in [2.24, 2.45) is 0 Å². The topological polar surface area (TPSA) is 117 Å². The molecule has 0 saturated carbocycles. The van der Waals surface area contributed by atoms with Crippen molar-refractivity contribution < 1.29 is 26.7 Å². The molecule has 0 amide bonds. The Morgan fingerprint density at radius 2 is 1.84 bits per heavy atom. The van der Waals surface area contributed by atoms with Crippen LogP contribution < -0.4 is 14.2 Å². The van der Waals surface area contributed by atoms with Gasteiger partial charge in [-0.2, -0.15) is 8.42 Å². The van der Waals surface area contributed by atoms with Crippen molar-refractivity contribution >= 4 is 15.7 Å². The lowest BCUT2D eigenvalue weighted by Gasteiger charge is -2.11. The second-order valence-electron chi connectivity index (χ2n) is 4.92. The van der Waals surface area contributed by atoms with Crippen molar-refractivity contribution in [2.45, 2.75) is 12.0 Å². The molecule has 0 aliphatic rings. The first kappa shape index (κ1) is 16.8. The van der Waals surface area contributed by atoms with Gasteiger partial charge in [0.1, 0.15) is 11.5 Å². The molecule has 1 N–H and O–H groups in total. The summed E-state index contributed by atoms with van der Waals surface area (Å²) < 4.78 is 48.2. The minimum atomic E-state index is -3.97. The molecular formula is C15H15N3O6S. The van der Waals surface area contributed by atoms with Crippen LogP contribution in [0.15, 0.2) is 44.3 Å². The smallest absolute Gasteiger partial charge is 0.295 e. The van der Waals surface area contributed by atoms with Crippen molar-refractivity contribution in [1.29, 1.82) is 0 Å². The Labute approximate surface area is 143 Å². The summed E-state index contributed by atoms with van der Waals surface area (Å²) in [6.45, 7) is 1.62. The van der Waals surface area contributed by atoms with Crippen molar-refractivity contribution in [2.75, 3.05) is 18.9 Å². The summed E-state index contributed by atoms with van der Waals surface area (Å²) in [5, 5.41) is 7.16.